The summed E-state index contributed by atoms with van der Waals surface area (Å²) in [4.78, 5) is 12.1. The SMILES string of the molecule is CCNC(=O)CNCc1cc(C#N)cs1. The summed E-state index contributed by atoms with van der Waals surface area (Å²) in [6.07, 6.45) is 0. The third-order valence-electron chi connectivity index (χ3n) is 1.74. The summed E-state index contributed by atoms with van der Waals surface area (Å²) in [5.74, 6) is -0.00503. The standard InChI is InChI=1S/C10H13N3OS/c1-2-13-10(14)6-12-5-9-3-8(4-11)7-15-9/h3,7,12H,2,5-6H2,1H3,(H,13,14). The zero-order chi connectivity index (χ0) is 11.1. The summed E-state index contributed by atoms with van der Waals surface area (Å²) in [5.41, 5.74) is 0.676. The van der Waals surface area contributed by atoms with E-state index in [1.54, 1.807) is 0 Å². The van der Waals surface area contributed by atoms with Crippen LogP contribution < -0.4 is 10.6 Å². The molecule has 5 heteroatoms. The van der Waals surface area contributed by atoms with Crippen LogP contribution in [0, 0.1) is 11.3 Å². The van der Waals surface area contributed by atoms with Crippen molar-refractivity contribution in [1.82, 2.24) is 10.6 Å². The number of amides is 1. The van der Waals surface area contributed by atoms with Crippen molar-refractivity contribution in [3.05, 3.63) is 21.9 Å². The fourth-order valence-electron chi connectivity index (χ4n) is 1.09. The van der Waals surface area contributed by atoms with Gasteiger partial charge in [-0.1, -0.05) is 0 Å². The van der Waals surface area contributed by atoms with E-state index in [1.807, 2.05) is 18.4 Å². The number of carbonyl (C=O) groups excluding carboxylic acids is 1. The van der Waals surface area contributed by atoms with Crippen LogP contribution in [0.15, 0.2) is 11.4 Å². The van der Waals surface area contributed by atoms with E-state index in [9.17, 15) is 4.79 Å². The fourth-order valence-corrected chi connectivity index (χ4v) is 1.87. The van der Waals surface area contributed by atoms with Gasteiger partial charge in [0.15, 0.2) is 0 Å². The van der Waals surface area contributed by atoms with E-state index < -0.39 is 0 Å². The zero-order valence-corrected chi connectivity index (χ0v) is 9.36. The Kier molecular flexibility index (Phi) is 4.81. The Morgan fingerprint density at radius 1 is 1.67 bits per heavy atom. The molecule has 0 fully saturated rings. The van der Waals surface area contributed by atoms with E-state index in [-0.39, 0.29) is 5.91 Å². The molecule has 1 aromatic rings. The van der Waals surface area contributed by atoms with Crippen molar-refractivity contribution < 1.29 is 4.79 Å². The first-order chi connectivity index (χ1) is 7.26. The van der Waals surface area contributed by atoms with Crippen molar-refractivity contribution in [3.63, 3.8) is 0 Å². The van der Waals surface area contributed by atoms with Gasteiger partial charge in [-0.15, -0.1) is 11.3 Å². The predicted molar refractivity (Wildman–Crippen MR) is 59.4 cm³/mol. The molecule has 2 N–H and O–H groups in total. The van der Waals surface area contributed by atoms with Crippen molar-refractivity contribution in [2.45, 2.75) is 13.5 Å². The monoisotopic (exact) mass is 223 g/mol. The fraction of sp³-hybridized carbons (Fsp3) is 0.400. The van der Waals surface area contributed by atoms with Gasteiger partial charge in [0.2, 0.25) is 5.91 Å². The maximum atomic E-state index is 11.1. The van der Waals surface area contributed by atoms with Crippen LogP contribution >= 0.6 is 11.3 Å². The Hall–Kier alpha value is -1.38. The van der Waals surface area contributed by atoms with Gasteiger partial charge in [0.1, 0.15) is 6.07 Å². The van der Waals surface area contributed by atoms with Crippen LogP contribution in [-0.2, 0) is 11.3 Å². The predicted octanol–water partition coefficient (Wildman–Crippen LogP) is 0.845. The Bertz CT molecular complexity index is 367. The van der Waals surface area contributed by atoms with E-state index in [2.05, 4.69) is 16.7 Å². The molecule has 15 heavy (non-hydrogen) atoms. The third kappa shape index (κ3) is 4.11. The first kappa shape index (κ1) is 11.7. The minimum Gasteiger partial charge on any atom is -0.355 e. The number of nitrogens with zero attached hydrogens (tertiary/aromatic N) is 1. The molecule has 0 aliphatic rings. The highest BCUT2D eigenvalue weighted by Gasteiger charge is 2.01. The molecule has 1 aromatic heterocycles. The van der Waals surface area contributed by atoms with E-state index in [0.29, 0.717) is 25.2 Å². The van der Waals surface area contributed by atoms with Gasteiger partial charge in [0.05, 0.1) is 12.1 Å². The Labute approximate surface area is 92.9 Å². The van der Waals surface area contributed by atoms with Gasteiger partial charge < -0.3 is 10.6 Å². The van der Waals surface area contributed by atoms with Crippen molar-refractivity contribution >= 4 is 17.2 Å². The van der Waals surface area contributed by atoms with E-state index >= 15 is 0 Å². The van der Waals surface area contributed by atoms with Crippen LogP contribution in [0.25, 0.3) is 0 Å². The van der Waals surface area contributed by atoms with E-state index in [1.165, 1.54) is 11.3 Å². The van der Waals surface area contributed by atoms with E-state index in [0.717, 1.165) is 4.88 Å². The van der Waals surface area contributed by atoms with Crippen LogP contribution in [0.1, 0.15) is 17.4 Å². The summed E-state index contributed by atoms with van der Waals surface area (Å²) < 4.78 is 0. The lowest BCUT2D eigenvalue weighted by molar-refractivity contribution is -0.120. The molecule has 4 nitrogen and oxygen atoms in total. The molecule has 0 saturated heterocycles. The van der Waals surface area contributed by atoms with E-state index in [4.69, 9.17) is 5.26 Å². The molecule has 1 rings (SSSR count). The van der Waals surface area contributed by atoms with Gasteiger partial charge in [-0.05, 0) is 13.0 Å². The molecular formula is C10H13N3OS. The summed E-state index contributed by atoms with van der Waals surface area (Å²) in [7, 11) is 0. The molecule has 0 saturated carbocycles. The van der Waals surface area contributed by atoms with Gasteiger partial charge >= 0.3 is 0 Å². The summed E-state index contributed by atoms with van der Waals surface area (Å²) in [6, 6.07) is 3.90. The minimum atomic E-state index is -0.00503. The molecule has 0 unspecified atom stereocenters. The van der Waals surface area contributed by atoms with Gasteiger partial charge in [-0.2, -0.15) is 5.26 Å². The minimum absolute atomic E-state index is 0.00503. The van der Waals surface area contributed by atoms with Crippen molar-refractivity contribution in [2.75, 3.05) is 13.1 Å². The maximum Gasteiger partial charge on any atom is 0.233 e. The van der Waals surface area contributed by atoms with Gasteiger partial charge in [0, 0.05) is 23.3 Å². The van der Waals surface area contributed by atoms with Gasteiger partial charge in [0.25, 0.3) is 0 Å². The number of nitriles is 1. The first-order valence-electron chi connectivity index (χ1n) is 4.71. The average Bonchev–Trinajstić information content (AvgIpc) is 2.66. The molecule has 0 aromatic carbocycles. The van der Waals surface area contributed by atoms with Crippen molar-refractivity contribution in [3.8, 4) is 6.07 Å². The van der Waals surface area contributed by atoms with Crippen LogP contribution in [-0.4, -0.2) is 19.0 Å². The number of carbonyl (C=O) groups is 1. The van der Waals surface area contributed by atoms with Crippen molar-refractivity contribution in [2.24, 2.45) is 0 Å². The lowest BCUT2D eigenvalue weighted by Crippen LogP contribution is -2.33. The first-order valence-corrected chi connectivity index (χ1v) is 5.59. The molecule has 0 aliphatic heterocycles. The number of hydrogen-bond acceptors (Lipinski definition) is 4. The molecule has 0 atom stereocenters. The number of likely N-dealkylation sites (N-methyl/N-ethyl adjacent to an activating group) is 1. The summed E-state index contributed by atoms with van der Waals surface area (Å²) >= 11 is 1.52. The highest BCUT2D eigenvalue weighted by Crippen LogP contribution is 2.12. The van der Waals surface area contributed by atoms with Gasteiger partial charge in [-0.3, -0.25) is 4.79 Å². The molecule has 0 radical (unpaired) electrons. The van der Waals surface area contributed by atoms with Crippen molar-refractivity contribution in [1.29, 1.82) is 5.26 Å². The Balaban J connectivity index is 2.26. The normalized spacial score (nSPS) is 9.60. The highest BCUT2D eigenvalue weighted by molar-refractivity contribution is 7.10. The number of nitrogens with one attached hydrogen (secondary N) is 2. The third-order valence-corrected chi connectivity index (χ3v) is 2.68. The van der Waals surface area contributed by atoms with Crippen LogP contribution in [0.5, 0.6) is 0 Å². The van der Waals surface area contributed by atoms with Crippen LogP contribution in [0.3, 0.4) is 0 Å². The second kappa shape index (κ2) is 6.17. The lowest BCUT2D eigenvalue weighted by Gasteiger charge is -2.02. The van der Waals surface area contributed by atoms with Crippen LogP contribution in [0.4, 0.5) is 0 Å². The smallest absolute Gasteiger partial charge is 0.233 e. The number of hydrogen-bond donors (Lipinski definition) is 2. The maximum absolute atomic E-state index is 11.1. The molecule has 0 aliphatic carbocycles. The molecule has 1 amide bonds. The second-order valence-electron chi connectivity index (χ2n) is 2.97. The summed E-state index contributed by atoms with van der Waals surface area (Å²) in [5, 5.41) is 16.1. The lowest BCUT2D eigenvalue weighted by atomic mass is 10.3. The van der Waals surface area contributed by atoms with Gasteiger partial charge in [-0.25, -0.2) is 0 Å². The quantitative estimate of drug-likeness (QED) is 0.777. The molecule has 0 spiro atoms. The topological polar surface area (TPSA) is 64.9 Å². The Morgan fingerprint density at radius 3 is 3.07 bits per heavy atom. The largest absolute Gasteiger partial charge is 0.355 e. The average molecular weight is 223 g/mol. The second-order valence-corrected chi connectivity index (χ2v) is 3.97. The zero-order valence-electron chi connectivity index (χ0n) is 8.54. The molecule has 80 valence electrons. The molecule has 1 heterocycles. The summed E-state index contributed by atoms with van der Waals surface area (Å²) in [6.45, 7) is 3.48. The molecule has 0 bridgehead atoms. The number of thiophene rings is 1. The van der Waals surface area contributed by atoms with Crippen LogP contribution in [0.2, 0.25) is 0 Å². The number of rotatable bonds is 5. The Morgan fingerprint density at radius 2 is 2.47 bits per heavy atom. The highest BCUT2D eigenvalue weighted by atomic mass is 32.1. The molecular weight excluding hydrogens is 210 g/mol.